The third-order valence-electron chi connectivity index (χ3n) is 3.32. The second kappa shape index (κ2) is 9.78. The Morgan fingerprint density at radius 3 is 2.31 bits per heavy atom. The minimum absolute atomic E-state index is 0.00669. The van der Waals surface area contributed by atoms with Crippen LogP contribution in [0.2, 0.25) is 5.02 Å². The molecule has 0 aliphatic carbocycles. The molecular formula is C18H12ClF4NO5. The summed E-state index contributed by atoms with van der Waals surface area (Å²) in [4.78, 5) is 23.3. The van der Waals surface area contributed by atoms with E-state index >= 15 is 0 Å². The standard InChI is InChI=1S/C18H12ClF4NO5/c19-11-3-1-2-10(16(26)27)15(11)24-14(25)7-5-9-4-6-12(28-17(20)21)13(8-9)29-18(22)23/h1-8,17-18H,(H,24,25)(H,26,27)/b7-5+. The van der Waals surface area contributed by atoms with Crippen LogP contribution in [0.5, 0.6) is 11.5 Å². The summed E-state index contributed by atoms with van der Waals surface area (Å²) in [5.74, 6) is -3.34. The maximum atomic E-state index is 12.5. The molecule has 0 bridgehead atoms. The van der Waals surface area contributed by atoms with Crippen molar-refractivity contribution in [2.24, 2.45) is 0 Å². The average molecular weight is 434 g/mol. The first-order valence-electron chi connectivity index (χ1n) is 7.72. The van der Waals surface area contributed by atoms with E-state index in [4.69, 9.17) is 16.7 Å². The molecule has 2 aromatic carbocycles. The van der Waals surface area contributed by atoms with Gasteiger partial charge in [-0.3, -0.25) is 4.79 Å². The number of ether oxygens (including phenoxy) is 2. The van der Waals surface area contributed by atoms with Crippen molar-refractivity contribution in [1.82, 2.24) is 0 Å². The van der Waals surface area contributed by atoms with E-state index in [1.807, 2.05) is 0 Å². The van der Waals surface area contributed by atoms with Gasteiger partial charge in [-0.25, -0.2) is 4.79 Å². The third kappa shape index (κ3) is 6.39. The predicted octanol–water partition coefficient (Wildman–Crippen LogP) is 4.89. The molecule has 0 saturated carbocycles. The van der Waals surface area contributed by atoms with Crippen LogP contribution in [0, 0.1) is 0 Å². The molecule has 154 valence electrons. The van der Waals surface area contributed by atoms with Gasteiger partial charge in [0.1, 0.15) is 0 Å². The Labute approximate surface area is 166 Å². The molecule has 0 aromatic heterocycles. The quantitative estimate of drug-likeness (QED) is 0.457. The van der Waals surface area contributed by atoms with Gasteiger partial charge >= 0.3 is 19.2 Å². The number of hydrogen-bond acceptors (Lipinski definition) is 4. The zero-order valence-corrected chi connectivity index (χ0v) is 15.0. The summed E-state index contributed by atoms with van der Waals surface area (Å²) in [6, 6.07) is 7.17. The fourth-order valence-electron chi connectivity index (χ4n) is 2.18. The summed E-state index contributed by atoms with van der Waals surface area (Å²) in [6.07, 6.45) is 2.13. The van der Waals surface area contributed by atoms with Crippen molar-refractivity contribution in [1.29, 1.82) is 0 Å². The number of carbonyl (C=O) groups is 2. The number of benzene rings is 2. The van der Waals surface area contributed by atoms with Gasteiger partial charge in [-0.1, -0.05) is 23.7 Å². The lowest BCUT2D eigenvalue weighted by Gasteiger charge is -2.12. The number of anilines is 1. The van der Waals surface area contributed by atoms with Crippen molar-refractivity contribution in [2.45, 2.75) is 13.2 Å². The zero-order valence-electron chi connectivity index (χ0n) is 14.2. The smallest absolute Gasteiger partial charge is 0.387 e. The predicted molar refractivity (Wildman–Crippen MR) is 95.8 cm³/mol. The molecule has 2 aromatic rings. The van der Waals surface area contributed by atoms with Crippen LogP contribution in [0.15, 0.2) is 42.5 Å². The summed E-state index contributed by atoms with van der Waals surface area (Å²) in [5.41, 5.74) is -0.214. The molecule has 0 aliphatic rings. The number of halogens is 5. The summed E-state index contributed by atoms with van der Waals surface area (Å²) in [5, 5.41) is 11.4. The molecule has 0 radical (unpaired) electrons. The van der Waals surface area contributed by atoms with Crippen LogP contribution in [-0.4, -0.2) is 30.2 Å². The highest BCUT2D eigenvalue weighted by atomic mass is 35.5. The molecule has 0 atom stereocenters. The summed E-state index contributed by atoms with van der Waals surface area (Å²) < 4.78 is 57.8. The molecule has 29 heavy (non-hydrogen) atoms. The maximum absolute atomic E-state index is 12.5. The van der Waals surface area contributed by atoms with Gasteiger partial charge in [0.25, 0.3) is 0 Å². The third-order valence-corrected chi connectivity index (χ3v) is 3.63. The topological polar surface area (TPSA) is 84.9 Å². The molecule has 0 heterocycles. The first kappa shape index (κ1) is 22.0. The van der Waals surface area contributed by atoms with Gasteiger partial charge in [0.2, 0.25) is 5.91 Å². The first-order valence-corrected chi connectivity index (χ1v) is 8.09. The number of carbonyl (C=O) groups excluding carboxylic acids is 1. The van der Waals surface area contributed by atoms with Gasteiger partial charge in [-0.2, -0.15) is 17.6 Å². The van der Waals surface area contributed by atoms with Crippen LogP contribution in [0.3, 0.4) is 0 Å². The van der Waals surface area contributed by atoms with E-state index in [1.54, 1.807) is 0 Å². The summed E-state index contributed by atoms with van der Waals surface area (Å²) in [7, 11) is 0. The number of aromatic carboxylic acids is 1. The van der Waals surface area contributed by atoms with E-state index in [0.717, 1.165) is 24.3 Å². The van der Waals surface area contributed by atoms with E-state index in [1.165, 1.54) is 24.3 Å². The Balaban J connectivity index is 2.21. The van der Waals surface area contributed by atoms with Crippen LogP contribution in [0.4, 0.5) is 23.2 Å². The Morgan fingerprint density at radius 2 is 1.69 bits per heavy atom. The number of hydrogen-bond donors (Lipinski definition) is 2. The molecule has 0 fully saturated rings. The Bertz CT molecular complexity index is 936. The van der Waals surface area contributed by atoms with E-state index in [-0.39, 0.29) is 21.8 Å². The Morgan fingerprint density at radius 1 is 1.03 bits per heavy atom. The van der Waals surface area contributed by atoms with E-state index in [2.05, 4.69) is 14.8 Å². The molecular weight excluding hydrogens is 422 g/mol. The van der Waals surface area contributed by atoms with Crippen molar-refractivity contribution in [2.75, 3.05) is 5.32 Å². The van der Waals surface area contributed by atoms with Crippen molar-refractivity contribution < 1.29 is 41.7 Å². The number of amides is 1. The number of nitrogens with one attached hydrogen (secondary N) is 1. The summed E-state index contributed by atoms with van der Waals surface area (Å²) in [6.45, 7) is -6.53. The number of carboxylic acids is 1. The number of alkyl halides is 4. The van der Waals surface area contributed by atoms with E-state index < -0.39 is 36.6 Å². The normalized spacial score (nSPS) is 11.1. The van der Waals surface area contributed by atoms with Crippen molar-refractivity contribution in [3.63, 3.8) is 0 Å². The van der Waals surface area contributed by atoms with Crippen molar-refractivity contribution in [3.05, 3.63) is 58.6 Å². The average Bonchev–Trinajstić information content (AvgIpc) is 2.62. The van der Waals surface area contributed by atoms with Gasteiger partial charge < -0.3 is 19.9 Å². The minimum atomic E-state index is -3.28. The molecule has 0 spiro atoms. The largest absolute Gasteiger partial charge is 0.478 e. The zero-order chi connectivity index (χ0) is 21.6. The highest BCUT2D eigenvalue weighted by Crippen LogP contribution is 2.31. The molecule has 2 N–H and O–H groups in total. The summed E-state index contributed by atoms with van der Waals surface area (Å²) >= 11 is 5.90. The van der Waals surface area contributed by atoms with Crippen LogP contribution < -0.4 is 14.8 Å². The lowest BCUT2D eigenvalue weighted by atomic mass is 10.1. The molecule has 0 saturated heterocycles. The van der Waals surface area contributed by atoms with Gasteiger partial charge in [-0.05, 0) is 35.9 Å². The molecule has 11 heteroatoms. The Kier molecular flexibility index (Phi) is 7.43. The van der Waals surface area contributed by atoms with Crippen molar-refractivity contribution >= 4 is 35.2 Å². The van der Waals surface area contributed by atoms with Gasteiger partial charge in [0, 0.05) is 6.08 Å². The maximum Gasteiger partial charge on any atom is 0.387 e. The molecule has 1 amide bonds. The lowest BCUT2D eigenvalue weighted by Crippen LogP contribution is -2.12. The molecule has 2 rings (SSSR count). The fourth-order valence-corrected chi connectivity index (χ4v) is 2.40. The number of rotatable bonds is 8. The molecule has 0 aliphatic heterocycles. The van der Waals surface area contributed by atoms with Gasteiger partial charge in [-0.15, -0.1) is 0 Å². The Hall–Kier alpha value is -3.27. The van der Waals surface area contributed by atoms with E-state index in [0.29, 0.717) is 0 Å². The SMILES string of the molecule is O=C(/C=C/c1ccc(OC(F)F)c(OC(F)F)c1)Nc1c(Cl)cccc1C(=O)O. The van der Waals surface area contributed by atoms with Crippen LogP contribution in [0.25, 0.3) is 6.08 Å². The number of carboxylic acid groups (broad SMARTS) is 1. The monoisotopic (exact) mass is 433 g/mol. The first-order chi connectivity index (χ1) is 13.7. The second-order valence-corrected chi connectivity index (χ2v) is 5.66. The minimum Gasteiger partial charge on any atom is -0.478 e. The van der Waals surface area contributed by atoms with Crippen molar-refractivity contribution in [3.8, 4) is 11.5 Å². The van der Waals surface area contributed by atoms with E-state index in [9.17, 15) is 27.2 Å². The highest BCUT2D eigenvalue weighted by Gasteiger charge is 2.16. The van der Waals surface area contributed by atoms with Crippen LogP contribution >= 0.6 is 11.6 Å². The number of para-hydroxylation sites is 1. The highest BCUT2D eigenvalue weighted by molar-refractivity contribution is 6.34. The van der Waals surface area contributed by atoms with Crippen LogP contribution in [0.1, 0.15) is 15.9 Å². The molecule has 0 unspecified atom stereocenters. The van der Waals surface area contributed by atoms with Crippen LogP contribution in [-0.2, 0) is 4.79 Å². The van der Waals surface area contributed by atoms with Gasteiger partial charge in [0.05, 0.1) is 16.3 Å². The lowest BCUT2D eigenvalue weighted by molar-refractivity contribution is -0.111. The fraction of sp³-hybridized carbons (Fsp3) is 0.111. The molecule has 6 nitrogen and oxygen atoms in total. The van der Waals surface area contributed by atoms with Gasteiger partial charge in [0.15, 0.2) is 11.5 Å². The second-order valence-electron chi connectivity index (χ2n) is 5.25.